The number of aromatic nitrogens is 3. The van der Waals surface area contributed by atoms with Gasteiger partial charge in [-0.05, 0) is 51.0 Å². The van der Waals surface area contributed by atoms with Gasteiger partial charge < -0.3 is 4.57 Å². The summed E-state index contributed by atoms with van der Waals surface area (Å²) < 4.78 is 2.23. The smallest absolute Gasteiger partial charge is 0.141 e. The number of aryl methyl sites for hydroxylation is 4. The van der Waals surface area contributed by atoms with Gasteiger partial charge in [0, 0.05) is 36.1 Å². The van der Waals surface area contributed by atoms with Gasteiger partial charge in [0.15, 0.2) is 0 Å². The van der Waals surface area contributed by atoms with E-state index in [0.717, 1.165) is 22.8 Å². The fraction of sp³-hybridized carbons (Fsp3) is 0.200. The molecule has 0 aliphatic rings. The quantitative estimate of drug-likeness (QED) is 0.441. The summed E-state index contributed by atoms with van der Waals surface area (Å²) in [5.41, 5.74) is 10.6. The third kappa shape index (κ3) is 3.13. The molecule has 0 bridgehead atoms. The van der Waals surface area contributed by atoms with E-state index < -0.39 is 0 Å². The van der Waals surface area contributed by atoms with Crippen LogP contribution in [-0.2, 0) is 7.05 Å². The number of imidazole rings is 1. The van der Waals surface area contributed by atoms with Crippen molar-refractivity contribution in [2.45, 2.75) is 27.7 Å². The highest BCUT2D eigenvalue weighted by atomic mass is 15.1. The molecule has 0 saturated carbocycles. The minimum absolute atomic E-state index is 0.989. The molecular weight excluding hydrogens is 342 g/mol. The molecule has 2 heterocycles. The first-order valence-corrected chi connectivity index (χ1v) is 9.58. The van der Waals surface area contributed by atoms with E-state index in [2.05, 4.69) is 80.7 Å². The Balaban J connectivity index is 2.02. The summed E-state index contributed by atoms with van der Waals surface area (Å²) >= 11 is 0. The monoisotopic (exact) mass is 367 g/mol. The maximum absolute atomic E-state index is 5.14. The summed E-state index contributed by atoms with van der Waals surface area (Å²) in [6.45, 7) is 8.59. The standard InChI is InChI=1S/C25H25N3/c1-16-6-8-21(9-7-16)24-23(20-10-12-26-13-11-20)27-25(28(24)5)22-18(3)14-17(2)15-19(22)4/h6-15H,1-5H3. The molecule has 0 unspecified atom stereocenters. The zero-order chi connectivity index (χ0) is 19.8. The van der Waals surface area contributed by atoms with Crippen LogP contribution in [0.25, 0.3) is 33.9 Å². The lowest BCUT2D eigenvalue weighted by atomic mass is 9.99. The van der Waals surface area contributed by atoms with Crippen LogP contribution >= 0.6 is 0 Å². The molecule has 4 aromatic rings. The van der Waals surface area contributed by atoms with Gasteiger partial charge in [-0.3, -0.25) is 4.98 Å². The van der Waals surface area contributed by atoms with Crippen molar-refractivity contribution in [1.82, 2.24) is 14.5 Å². The molecule has 0 radical (unpaired) electrons. The molecule has 0 fully saturated rings. The summed E-state index contributed by atoms with van der Waals surface area (Å²) in [6.07, 6.45) is 3.65. The molecule has 3 nitrogen and oxygen atoms in total. The number of hydrogen-bond donors (Lipinski definition) is 0. The van der Waals surface area contributed by atoms with Gasteiger partial charge in [0.25, 0.3) is 0 Å². The predicted octanol–water partition coefficient (Wildman–Crippen LogP) is 6.05. The number of rotatable bonds is 3. The summed E-state index contributed by atoms with van der Waals surface area (Å²) in [7, 11) is 2.11. The van der Waals surface area contributed by atoms with Gasteiger partial charge in [-0.25, -0.2) is 4.98 Å². The minimum Gasteiger partial charge on any atom is -0.327 e. The Morgan fingerprint density at radius 3 is 1.93 bits per heavy atom. The Morgan fingerprint density at radius 1 is 0.714 bits per heavy atom. The molecule has 28 heavy (non-hydrogen) atoms. The van der Waals surface area contributed by atoms with Crippen molar-refractivity contribution in [3.63, 3.8) is 0 Å². The van der Waals surface area contributed by atoms with Gasteiger partial charge in [0.05, 0.1) is 11.4 Å². The van der Waals surface area contributed by atoms with Gasteiger partial charge in [-0.2, -0.15) is 0 Å². The van der Waals surface area contributed by atoms with Crippen molar-refractivity contribution in [2.24, 2.45) is 7.05 Å². The molecule has 0 amide bonds. The van der Waals surface area contributed by atoms with Crippen molar-refractivity contribution >= 4 is 0 Å². The maximum Gasteiger partial charge on any atom is 0.141 e. The van der Waals surface area contributed by atoms with Gasteiger partial charge in [0.1, 0.15) is 5.82 Å². The zero-order valence-electron chi connectivity index (χ0n) is 17.1. The van der Waals surface area contributed by atoms with Crippen LogP contribution in [0, 0.1) is 27.7 Å². The molecule has 0 aliphatic carbocycles. The first-order valence-electron chi connectivity index (χ1n) is 9.58. The van der Waals surface area contributed by atoms with Crippen molar-refractivity contribution in [3.8, 4) is 33.9 Å². The first-order chi connectivity index (χ1) is 13.5. The highest BCUT2D eigenvalue weighted by Gasteiger charge is 2.21. The molecule has 4 rings (SSSR count). The Kier molecular flexibility index (Phi) is 4.60. The molecule has 3 heteroatoms. The fourth-order valence-electron chi connectivity index (χ4n) is 4.01. The molecule has 0 saturated heterocycles. The number of pyridine rings is 1. The van der Waals surface area contributed by atoms with Gasteiger partial charge in [0.2, 0.25) is 0 Å². The number of benzene rings is 2. The normalized spacial score (nSPS) is 11.0. The van der Waals surface area contributed by atoms with Gasteiger partial charge >= 0.3 is 0 Å². The molecular formula is C25H25N3. The lowest BCUT2D eigenvalue weighted by molar-refractivity contribution is 0.929. The average Bonchev–Trinajstić information content (AvgIpc) is 3.00. The number of nitrogens with zero attached hydrogens (tertiary/aromatic N) is 3. The van der Waals surface area contributed by atoms with Crippen LogP contribution < -0.4 is 0 Å². The zero-order valence-corrected chi connectivity index (χ0v) is 17.1. The third-order valence-electron chi connectivity index (χ3n) is 5.27. The second kappa shape index (κ2) is 7.08. The van der Waals surface area contributed by atoms with E-state index in [1.807, 2.05) is 24.5 Å². The average molecular weight is 367 g/mol. The Bertz CT molecular complexity index is 1110. The van der Waals surface area contributed by atoms with E-state index in [4.69, 9.17) is 4.98 Å². The largest absolute Gasteiger partial charge is 0.327 e. The van der Waals surface area contributed by atoms with Crippen molar-refractivity contribution in [3.05, 3.63) is 83.2 Å². The Morgan fingerprint density at radius 2 is 1.32 bits per heavy atom. The van der Waals surface area contributed by atoms with E-state index >= 15 is 0 Å². The van der Waals surface area contributed by atoms with Crippen LogP contribution in [0.4, 0.5) is 0 Å². The van der Waals surface area contributed by atoms with Crippen LogP contribution in [0.1, 0.15) is 22.3 Å². The summed E-state index contributed by atoms with van der Waals surface area (Å²) in [5, 5.41) is 0. The predicted molar refractivity (Wildman–Crippen MR) is 116 cm³/mol. The minimum atomic E-state index is 0.989. The molecule has 2 aromatic heterocycles. The Hall–Kier alpha value is -3.20. The van der Waals surface area contributed by atoms with Crippen molar-refractivity contribution in [1.29, 1.82) is 0 Å². The lowest BCUT2D eigenvalue weighted by Crippen LogP contribution is -1.99. The molecule has 0 aliphatic heterocycles. The summed E-state index contributed by atoms with van der Waals surface area (Å²) in [5.74, 6) is 0.998. The van der Waals surface area contributed by atoms with E-state index in [-0.39, 0.29) is 0 Å². The van der Waals surface area contributed by atoms with Gasteiger partial charge in [-0.1, -0.05) is 47.5 Å². The number of hydrogen-bond acceptors (Lipinski definition) is 2. The van der Waals surface area contributed by atoms with E-state index in [1.165, 1.54) is 33.4 Å². The van der Waals surface area contributed by atoms with Crippen LogP contribution in [0.3, 0.4) is 0 Å². The third-order valence-corrected chi connectivity index (χ3v) is 5.27. The second-order valence-corrected chi connectivity index (χ2v) is 7.57. The highest BCUT2D eigenvalue weighted by molar-refractivity contribution is 5.83. The van der Waals surface area contributed by atoms with E-state index in [1.54, 1.807) is 0 Å². The second-order valence-electron chi connectivity index (χ2n) is 7.57. The van der Waals surface area contributed by atoms with Crippen molar-refractivity contribution < 1.29 is 0 Å². The van der Waals surface area contributed by atoms with Crippen LogP contribution in [0.5, 0.6) is 0 Å². The topological polar surface area (TPSA) is 30.7 Å². The molecule has 140 valence electrons. The van der Waals surface area contributed by atoms with E-state index in [0.29, 0.717) is 0 Å². The molecule has 0 spiro atoms. The summed E-state index contributed by atoms with van der Waals surface area (Å²) in [6, 6.07) is 17.2. The van der Waals surface area contributed by atoms with Crippen molar-refractivity contribution in [2.75, 3.05) is 0 Å². The fourth-order valence-corrected chi connectivity index (χ4v) is 4.01. The van der Waals surface area contributed by atoms with Crippen LogP contribution in [0.15, 0.2) is 60.9 Å². The Labute approximate surface area is 166 Å². The maximum atomic E-state index is 5.14. The van der Waals surface area contributed by atoms with Crippen LogP contribution in [0.2, 0.25) is 0 Å². The van der Waals surface area contributed by atoms with E-state index in [9.17, 15) is 0 Å². The highest BCUT2D eigenvalue weighted by Crippen LogP contribution is 2.37. The van der Waals surface area contributed by atoms with Crippen LogP contribution in [-0.4, -0.2) is 14.5 Å². The molecule has 0 N–H and O–H groups in total. The molecule has 2 aromatic carbocycles. The first kappa shape index (κ1) is 18.2. The lowest BCUT2D eigenvalue weighted by Gasteiger charge is -2.12. The summed E-state index contributed by atoms with van der Waals surface area (Å²) in [4.78, 5) is 9.31. The molecule has 0 atom stereocenters. The van der Waals surface area contributed by atoms with Gasteiger partial charge in [-0.15, -0.1) is 0 Å². The SMILES string of the molecule is Cc1ccc(-c2c(-c3ccncc3)nc(-c3c(C)cc(C)cc3C)n2C)cc1.